The Bertz CT molecular complexity index is 761. The summed E-state index contributed by atoms with van der Waals surface area (Å²) in [4.78, 5) is 26.0. The van der Waals surface area contributed by atoms with Gasteiger partial charge in [-0.3, -0.25) is 9.59 Å². The van der Waals surface area contributed by atoms with Crippen molar-refractivity contribution in [2.45, 2.75) is 25.8 Å². The van der Waals surface area contributed by atoms with Gasteiger partial charge in [-0.1, -0.05) is 48.0 Å². The quantitative estimate of drug-likeness (QED) is 0.849. The highest BCUT2D eigenvalue weighted by Gasteiger charge is 2.39. The van der Waals surface area contributed by atoms with Crippen LogP contribution in [-0.2, 0) is 16.0 Å². The van der Waals surface area contributed by atoms with Crippen LogP contribution < -0.4 is 10.2 Å². The molecule has 0 radical (unpaired) electrons. The van der Waals surface area contributed by atoms with Gasteiger partial charge in [0.1, 0.15) is 0 Å². The maximum atomic E-state index is 12.6. The van der Waals surface area contributed by atoms with Crippen LogP contribution in [0.2, 0.25) is 5.02 Å². The number of anilines is 1. The minimum absolute atomic E-state index is 0.180. The second kappa shape index (κ2) is 7.16. The molecule has 4 nitrogen and oxygen atoms in total. The van der Waals surface area contributed by atoms with Crippen molar-refractivity contribution in [2.24, 2.45) is 0 Å². The van der Waals surface area contributed by atoms with Gasteiger partial charge in [0.25, 0.3) is 5.91 Å². The van der Waals surface area contributed by atoms with Crippen molar-refractivity contribution in [3.63, 3.8) is 0 Å². The number of carbonyl (C=O) groups is 2. The SMILES string of the molecule is Cc1ccc(N2C(=O)C[C@@H](NCCc3ccccc3)C2=O)cc1Cl. The fourth-order valence-electron chi connectivity index (χ4n) is 2.82. The molecule has 0 aromatic heterocycles. The lowest BCUT2D eigenvalue weighted by Gasteiger charge is -2.16. The van der Waals surface area contributed by atoms with Gasteiger partial charge in [0.2, 0.25) is 5.91 Å². The molecule has 1 heterocycles. The van der Waals surface area contributed by atoms with Crippen LogP contribution >= 0.6 is 11.6 Å². The third kappa shape index (κ3) is 3.50. The Morgan fingerprint density at radius 1 is 1.17 bits per heavy atom. The van der Waals surface area contributed by atoms with E-state index in [9.17, 15) is 9.59 Å². The monoisotopic (exact) mass is 342 g/mol. The summed E-state index contributed by atoms with van der Waals surface area (Å²) >= 11 is 6.11. The first kappa shape index (κ1) is 16.7. The molecule has 1 fully saturated rings. The molecule has 1 saturated heterocycles. The van der Waals surface area contributed by atoms with Crippen molar-refractivity contribution >= 4 is 29.1 Å². The average Bonchev–Trinajstić information content (AvgIpc) is 2.85. The van der Waals surface area contributed by atoms with E-state index in [1.165, 1.54) is 10.5 Å². The molecular weight excluding hydrogens is 324 g/mol. The predicted octanol–water partition coefficient (Wildman–Crippen LogP) is 3.11. The van der Waals surface area contributed by atoms with Crippen LogP contribution in [0.25, 0.3) is 0 Å². The fourth-order valence-corrected chi connectivity index (χ4v) is 2.99. The molecule has 0 spiro atoms. The lowest BCUT2D eigenvalue weighted by atomic mass is 10.1. The molecular formula is C19H19ClN2O2. The van der Waals surface area contributed by atoms with Crippen LogP contribution in [0.15, 0.2) is 48.5 Å². The zero-order valence-electron chi connectivity index (χ0n) is 13.5. The molecule has 2 amide bonds. The summed E-state index contributed by atoms with van der Waals surface area (Å²) < 4.78 is 0. The fraction of sp³-hybridized carbons (Fsp3) is 0.263. The van der Waals surface area contributed by atoms with Crippen molar-refractivity contribution in [3.8, 4) is 0 Å². The smallest absolute Gasteiger partial charge is 0.251 e. The summed E-state index contributed by atoms with van der Waals surface area (Å²) in [6.45, 7) is 2.53. The number of amides is 2. The van der Waals surface area contributed by atoms with Crippen LogP contribution in [0.3, 0.4) is 0 Å². The van der Waals surface area contributed by atoms with E-state index in [0.29, 0.717) is 17.3 Å². The minimum Gasteiger partial charge on any atom is -0.305 e. The molecule has 1 N–H and O–H groups in total. The molecule has 0 unspecified atom stereocenters. The molecule has 5 heteroatoms. The predicted molar refractivity (Wildman–Crippen MR) is 95.2 cm³/mol. The van der Waals surface area contributed by atoms with Crippen LogP contribution in [0.5, 0.6) is 0 Å². The van der Waals surface area contributed by atoms with Crippen LogP contribution in [0, 0.1) is 6.92 Å². The molecule has 1 atom stereocenters. The largest absolute Gasteiger partial charge is 0.305 e. The lowest BCUT2D eigenvalue weighted by molar-refractivity contribution is -0.121. The van der Waals surface area contributed by atoms with E-state index in [4.69, 9.17) is 11.6 Å². The van der Waals surface area contributed by atoms with Crippen molar-refractivity contribution < 1.29 is 9.59 Å². The molecule has 124 valence electrons. The second-order valence-electron chi connectivity index (χ2n) is 5.95. The van der Waals surface area contributed by atoms with Crippen LogP contribution in [0.4, 0.5) is 5.69 Å². The molecule has 3 rings (SSSR count). The van der Waals surface area contributed by atoms with Crippen LogP contribution in [-0.4, -0.2) is 24.4 Å². The van der Waals surface area contributed by atoms with E-state index in [2.05, 4.69) is 5.32 Å². The van der Waals surface area contributed by atoms with Crippen molar-refractivity contribution in [3.05, 3.63) is 64.7 Å². The van der Waals surface area contributed by atoms with Crippen molar-refractivity contribution in [2.75, 3.05) is 11.4 Å². The van der Waals surface area contributed by atoms with Gasteiger partial charge in [0.05, 0.1) is 18.2 Å². The van der Waals surface area contributed by atoms with Gasteiger partial charge in [-0.25, -0.2) is 4.90 Å². The van der Waals surface area contributed by atoms with Gasteiger partial charge in [0.15, 0.2) is 0 Å². The number of carbonyl (C=O) groups excluding carboxylic acids is 2. The highest BCUT2D eigenvalue weighted by molar-refractivity contribution is 6.32. The number of rotatable bonds is 5. The number of aryl methyl sites for hydroxylation is 1. The number of hydrogen-bond acceptors (Lipinski definition) is 3. The standard InChI is InChI=1S/C19H19ClN2O2/c1-13-7-8-15(11-16(13)20)22-18(23)12-17(19(22)24)21-10-9-14-5-3-2-4-6-14/h2-8,11,17,21H,9-10,12H2,1H3/t17-/m1/s1. The third-order valence-electron chi connectivity index (χ3n) is 4.21. The number of nitrogens with zero attached hydrogens (tertiary/aromatic N) is 1. The van der Waals surface area contributed by atoms with Crippen molar-refractivity contribution in [1.29, 1.82) is 0 Å². The molecule has 0 bridgehead atoms. The summed E-state index contributed by atoms with van der Waals surface area (Å²) in [5, 5.41) is 3.74. The van der Waals surface area contributed by atoms with Gasteiger partial charge in [-0.2, -0.15) is 0 Å². The zero-order chi connectivity index (χ0) is 17.1. The normalized spacial score (nSPS) is 17.6. The minimum atomic E-state index is -0.471. The number of benzene rings is 2. The lowest BCUT2D eigenvalue weighted by Crippen LogP contribution is -2.39. The molecule has 1 aliphatic rings. The Morgan fingerprint density at radius 3 is 2.62 bits per heavy atom. The summed E-state index contributed by atoms with van der Waals surface area (Å²) in [6.07, 6.45) is 0.994. The van der Waals surface area contributed by atoms with Gasteiger partial charge in [-0.15, -0.1) is 0 Å². The third-order valence-corrected chi connectivity index (χ3v) is 4.61. The molecule has 1 aliphatic heterocycles. The van der Waals surface area contributed by atoms with Gasteiger partial charge in [-0.05, 0) is 43.1 Å². The summed E-state index contributed by atoms with van der Waals surface area (Å²) in [5.41, 5.74) is 2.65. The number of nitrogens with one attached hydrogen (secondary N) is 1. The number of halogens is 1. The van der Waals surface area contributed by atoms with Gasteiger partial charge >= 0.3 is 0 Å². The van der Waals surface area contributed by atoms with E-state index < -0.39 is 6.04 Å². The highest BCUT2D eigenvalue weighted by atomic mass is 35.5. The Hall–Kier alpha value is -2.17. The van der Waals surface area contributed by atoms with Crippen molar-refractivity contribution in [1.82, 2.24) is 5.32 Å². The topological polar surface area (TPSA) is 49.4 Å². The first-order chi connectivity index (χ1) is 11.6. The van der Waals surface area contributed by atoms with E-state index >= 15 is 0 Å². The van der Waals surface area contributed by atoms with E-state index in [1.54, 1.807) is 12.1 Å². The molecule has 2 aromatic carbocycles. The summed E-state index contributed by atoms with van der Waals surface area (Å²) in [7, 11) is 0. The summed E-state index contributed by atoms with van der Waals surface area (Å²) in [6, 6.07) is 14.8. The number of imide groups is 1. The average molecular weight is 343 g/mol. The number of hydrogen-bond donors (Lipinski definition) is 1. The Morgan fingerprint density at radius 2 is 1.92 bits per heavy atom. The Balaban J connectivity index is 1.64. The van der Waals surface area contributed by atoms with Gasteiger partial charge in [0, 0.05) is 5.02 Å². The Kier molecular flexibility index (Phi) is 4.97. The molecule has 2 aromatic rings. The molecule has 24 heavy (non-hydrogen) atoms. The molecule has 0 aliphatic carbocycles. The first-order valence-corrected chi connectivity index (χ1v) is 8.34. The summed E-state index contributed by atoms with van der Waals surface area (Å²) in [5.74, 6) is -0.412. The second-order valence-corrected chi connectivity index (χ2v) is 6.35. The maximum absolute atomic E-state index is 12.6. The van der Waals surface area contributed by atoms with Crippen LogP contribution in [0.1, 0.15) is 17.5 Å². The maximum Gasteiger partial charge on any atom is 0.251 e. The highest BCUT2D eigenvalue weighted by Crippen LogP contribution is 2.27. The van der Waals surface area contributed by atoms with Gasteiger partial charge < -0.3 is 5.32 Å². The Labute approximate surface area is 146 Å². The van der Waals surface area contributed by atoms with E-state index in [0.717, 1.165) is 12.0 Å². The first-order valence-electron chi connectivity index (χ1n) is 7.96. The van der Waals surface area contributed by atoms with E-state index in [-0.39, 0.29) is 18.2 Å². The molecule has 0 saturated carbocycles. The van der Waals surface area contributed by atoms with E-state index in [1.807, 2.05) is 43.3 Å². The zero-order valence-corrected chi connectivity index (χ0v) is 14.2.